The molecule has 0 spiro atoms. The second kappa shape index (κ2) is 25.3. The largest absolute Gasteiger partial charge is 2.00 e. The monoisotopic (exact) mass is 892 g/mol. The Morgan fingerprint density at radius 2 is 0.891 bits per heavy atom. The molecule has 0 N–H and O–H groups in total. The van der Waals surface area contributed by atoms with Crippen LogP contribution in [0.2, 0.25) is 0 Å². The van der Waals surface area contributed by atoms with Crippen LogP contribution in [-0.2, 0) is 52.1 Å². The molecule has 0 saturated carbocycles. The molecule has 0 bridgehead atoms. The van der Waals surface area contributed by atoms with Gasteiger partial charge in [-0.05, 0) is 75.4 Å². The molecule has 4 nitrogen and oxygen atoms in total. The van der Waals surface area contributed by atoms with E-state index in [-0.39, 0.29) is 41.2 Å². The van der Waals surface area contributed by atoms with Gasteiger partial charge in [0, 0.05) is 4.90 Å². The van der Waals surface area contributed by atoms with Crippen molar-refractivity contribution >= 4 is 73.4 Å². The number of carbonyl (C=O) groups excluding carboxylic acids is 2. The topological polar surface area (TPSA) is 52.6 Å². The number of hydrogen-bond acceptors (Lipinski definition) is 6. The Hall–Kier alpha value is -3.91. The van der Waals surface area contributed by atoms with Crippen molar-refractivity contribution < 1.29 is 39.5 Å². The summed E-state index contributed by atoms with van der Waals surface area (Å²) in [6, 6.07) is 59.6. The third kappa shape index (κ3) is 16.0. The summed E-state index contributed by atoms with van der Waals surface area (Å²) in [7, 11) is 1.77. The molecule has 0 aliphatic heterocycles. The molecule has 0 radical (unpaired) electrons. The molecule has 284 valence electrons. The van der Waals surface area contributed by atoms with E-state index >= 15 is 0 Å². The molecule has 6 rings (SSSR count). The predicted octanol–water partition coefficient (Wildman–Crippen LogP) is 9.27. The van der Waals surface area contributed by atoms with Crippen LogP contribution >= 0.6 is 27.6 Å². The van der Waals surface area contributed by atoms with Crippen molar-refractivity contribution in [2.45, 2.75) is 23.6 Å². The molecule has 6 aromatic carbocycles. The number of methoxy groups -OCH3 is 2. The zero-order chi connectivity index (χ0) is 38.5. The van der Waals surface area contributed by atoms with Gasteiger partial charge in [0.15, 0.2) is 5.97 Å². The summed E-state index contributed by atoms with van der Waals surface area (Å²) in [5, 5.41) is 5.89. The molecule has 0 aliphatic carbocycles. The normalized spacial score (nSPS) is 10.5. The Bertz CT molecular complexity index is 1830. The first-order valence-electron chi connectivity index (χ1n) is 17.3. The summed E-state index contributed by atoms with van der Waals surface area (Å²) >= 11 is 5.98. The van der Waals surface area contributed by atoms with Crippen LogP contribution in [0.15, 0.2) is 185 Å². The van der Waals surface area contributed by atoms with Gasteiger partial charge >= 0.3 is 20.4 Å². The van der Waals surface area contributed by atoms with Crippen LogP contribution in [0.25, 0.3) is 0 Å². The Labute approximate surface area is 352 Å². The Morgan fingerprint density at radius 1 is 0.545 bits per heavy atom. The van der Waals surface area contributed by atoms with Gasteiger partial charge in [0.25, 0.3) is 0 Å². The summed E-state index contributed by atoms with van der Waals surface area (Å²) in [6.45, 7) is 4.01. The second-order valence-corrected chi connectivity index (χ2v) is 18.0. The van der Waals surface area contributed by atoms with Crippen LogP contribution in [0.1, 0.15) is 11.1 Å². The maximum Gasteiger partial charge on any atom is 2.00 e. The second-order valence-electron chi connectivity index (χ2n) is 11.8. The summed E-state index contributed by atoms with van der Waals surface area (Å²) in [5.41, 5.74) is 2.37. The van der Waals surface area contributed by atoms with E-state index in [0.717, 1.165) is 27.1 Å². The first-order valence-corrected chi connectivity index (χ1v) is 21.6. The standard InChI is InChI=1S/C26H24P2.C13H13O4S.C7H8S.Pd/c1-5-13-23(14-6-1)27(24-15-7-2-8-16-24)21-22-28(25-17-9-3-10-18-25)26-19-11-4-12-20-26;1-9-4-6-10(7-5-9)18-11(13(15)17-3)8-12(14)16-2;1-6-2-4-7(8)5-3-6;/h1-20H,21-22H2;4-7H,1-3H3;2-5,8H,1H3;/q;-1;;+2/p-1. The van der Waals surface area contributed by atoms with Gasteiger partial charge < -0.3 is 26.9 Å². The number of esters is 2. The number of hydrogen-bond donors (Lipinski definition) is 0. The molecule has 0 amide bonds. The number of rotatable bonds is 11. The number of thioether (sulfide) groups is 1. The van der Waals surface area contributed by atoms with Crippen molar-refractivity contribution in [3.63, 3.8) is 0 Å². The van der Waals surface area contributed by atoms with Crippen molar-refractivity contribution in [3.8, 4) is 0 Å². The molecule has 0 saturated heterocycles. The third-order valence-corrected chi connectivity index (χ3v) is 14.5. The zero-order valence-electron chi connectivity index (χ0n) is 31.2. The summed E-state index contributed by atoms with van der Waals surface area (Å²) < 4.78 is 9.03. The molecule has 6 aromatic rings. The fourth-order valence-electron chi connectivity index (χ4n) is 5.06. The Balaban J connectivity index is 0.000000257. The third-order valence-electron chi connectivity index (χ3n) is 7.85. The maximum atomic E-state index is 11.5. The van der Waals surface area contributed by atoms with Crippen LogP contribution in [0.4, 0.5) is 0 Å². The summed E-state index contributed by atoms with van der Waals surface area (Å²) in [4.78, 5) is 24.4. The van der Waals surface area contributed by atoms with E-state index in [1.165, 1.54) is 53.3 Å². The Morgan fingerprint density at radius 3 is 1.20 bits per heavy atom. The van der Waals surface area contributed by atoms with Crippen LogP contribution in [-0.4, -0.2) is 38.5 Å². The van der Waals surface area contributed by atoms with E-state index in [0.29, 0.717) is 0 Å². The van der Waals surface area contributed by atoms with Gasteiger partial charge in [0.2, 0.25) is 5.97 Å². The SMILES string of the molecule is COC(=O)[C-]=C(Sc1ccc(C)cc1)C(=O)OC.Cc1ccc([S-])cc1.[Pd+2].c1ccc(P(CCP(c2ccccc2)c2ccccc2)c2ccccc2)cc1. The molecular weight excluding hydrogens is 849 g/mol. The minimum absolute atomic E-state index is 0. The van der Waals surface area contributed by atoms with Gasteiger partial charge in [-0.2, -0.15) is 4.90 Å². The van der Waals surface area contributed by atoms with Crippen LogP contribution < -0.4 is 21.2 Å². The number of aryl methyl sites for hydroxylation is 2. The van der Waals surface area contributed by atoms with Gasteiger partial charge in [-0.25, -0.2) is 0 Å². The minimum Gasteiger partial charge on any atom is -0.780 e. The molecule has 0 aliphatic rings. The Kier molecular flexibility index (Phi) is 20.9. The summed E-state index contributed by atoms with van der Waals surface area (Å²) in [5.74, 6) is -1.33. The van der Waals surface area contributed by atoms with Gasteiger partial charge in [0.1, 0.15) is 0 Å². The van der Waals surface area contributed by atoms with Crippen LogP contribution in [0.3, 0.4) is 0 Å². The van der Waals surface area contributed by atoms with Gasteiger partial charge in [-0.3, -0.25) is 4.79 Å². The van der Waals surface area contributed by atoms with E-state index in [4.69, 9.17) is 12.6 Å². The van der Waals surface area contributed by atoms with Crippen molar-refractivity contribution in [2.24, 2.45) is 0 Å². The van der Waals surface area contributed by atoms with Gasteiger partial charge in [-0.15, -0.1) is 17.8 Å². The average Bonchev–Trinajstić information content (AvgIpc) is 3.22. The molecule has 0 unspecified atom stereocenters. The fraction of sp³-hybridized carbons (Fsp3) is 0.130. The average molecular weight is 893 g/mol. The van der Waals surface area contributed by atoms with E-state index < -0.39 is 11.9 Å². The molecule has 0 fully saturated rings. The molecule has 55 heavy (non-hydrogen) atoms. The van der Waals surface area contributed by atoms with E-state index in [1.807, 2.05) is 55.5 Å². The minimum atomic E-state index is -0.713. The quantitative estimate of drug-likeness (QED) is 0.0246. The van der Waals surface area contributed by atoms with Crippen molar-refractivity contribution in [1.82, 2.24) is 0 Å². The zero-order valence-corrected chi connectivity index (χ0v) is 36.2. The molecule has 9 heteroatoms. The number of ether oxygens (including phenoxy) is 2. The van der Waals surface area contributed by atoms with Gasteiger partial charge in [-0.1, -0.05) is 174 Å². The van der Waals surface area contributed by atoms with E-state index in [1.54, 1.807) is 0 Å². The molecule has 0 heterocycles. The fourth-order valence-corrected chi connectivity index (χ4v) is 11.4. The summed E-state index contributed by atoms with van der Waals surface area (Å²) in [6.07, 6.45) is 4.74. The van der Waals surface area contributed by atoms with Crippen molar-refractivity contribution in [2.75, 3.05) is 26.5 Å². The van der Waals surface area contributed by atoms with Crippen molar-refractivity contribution in [3.05, 3.63) is 192 Å². The maximum absolute atomic E-state index is 11.5. The van der Waals surface area contributed by atoms with Crippen LogP contribution in [0, 0.1) is 19.9 Å². The number of benzene rings is 6. The van der Waals surface area contributed by atoms with Crippen molar-refractivity contribution in [1.29, 1.82) is 0 Å². The smallest absolute Gasteiger partial charge is 0.780 e. The molecular formula is C46H44O4P2PdS2. The van der Waals surface area contributed by atoms with E-state index in [9.17, 15) is 9.59 Å². The molecule has 0 aromatic heterocycles. The first-order chi connectivity index (χ1) is 26.3. The van der Waals surface area contributed by atoms with E-state index in [2.05, 4.69) is 144 Å². The molecule has 0 atom stereocenters. The van der Waals surface area contributed by atoms with Gasteiger partial charge in [0.05, 0.1) is 14.2 Å². The first kappa shape index (κ1) is 45.5. The predicted molar refractivity (Wildman–Crippen MR) is 233 cm³/mol. The number of carbonyl (C=O) groups is 2. The van der Waals surface area contributed by atoms with Crippen LogP contribution in [0.5, 0.6) is 0 Å².